The van der Waals surface area contributed by atoms with Gasteiger partial charge in [-0.15, -0.1) is 0 Å². The van der Waals surface area contributed by atoms with Crippen LogP contribution in [0.25, 0.3) is 10.4 Å². The summed E-state index contributed by atoms with van der Waals surface area (Å²) in [6.07, 6.45) is 8.24. The van der Waals surface area contributed by atoms with Crippen molar-refractivity contribution >= 4 is 35.3 Å². The van der Waals surface area contributed by atoms with Gasteiger partial charge in [-0.3, -0.25) is 9.59 Å². The quantitative estimate of drug-likeness (QED) is 0.0331. The first-order chi connectivity index (χ1) is 26.6. The molecule has 0 saturated heterocycles. The normalized spacial score (nSPS) is 13.2. The van der Waals surface area contributed by atoms with Crippen LogP contribution in [0.3, 0.4) is 0 Å². The Labute approximate surface area is 316 Å². The average molecular weight is 748 g/mol. The van der Waals surface area contributed by atoms with E-state index in [1.807, 2.05) is 18.2 Å². The maximum Gasteiger partial charge on any atom is 0.251 e. The van der Waals surface area contributed by atoms with Crippen molar-refractivity contribution in [2.45, 2.75) is 51.0 Å². The fourth-order valence-electron chi connectivity index (χ4n) is 5.49. The van der Waals surface area contributed by atoms with Gasteiger partial charge in [-0.25, -0.2) is 0 Å². The Morgan fingerprint density at radius 3 is 1.81 bits per heavy atom. The van der Waals surface area contributed by atoms with Crippen LogP contribution in [0.1, 0.15) is 65.7 Å². The lowest BCUT2D eigenvalue weighted by Gasteiger charge is -2.21. The molecule has 17 heteroatoms. The molecular weight excluding hydrogens is 694 g/mol. The van der Waals surface area contributed by atoms with E-state index in [-0.39, 0.29) is 24.4 Å². The van der Waals surface area contributed by atoms with Crippen molar-refractivity contribution in [1.82, 2.24) is 25.6 Å². The van der Waals surface area contributed by atoms with Gasteiger partial charge in [0.2, 0.25) is 17.8 Å². The molecule has 292 valence electrons. The molecule has 0 spiro atoms. The van der Waals surface area contributed by atoms with Gasteiger partial charge in [0.1, 0.15) is 0 Å². The molecule has 0 atom stereocenters. The van der Waals surface area contributed by atoms with Crippen LogP contribution in [0.5, 0.6) is 0 Å². The molecule has 3 aromatic rings. The zero-order chi connectivity index (χ0) is 37.9. The fourth-order valence-corrected chi connectivity index (χ4v) is 5.49. The number of carbonyl (C=O) groups is 2. The molecule has 0 radical (unpaired) electrons. The Hall–Kier alpha value is -5.06. The number of anilines is 4. The molecule has 1 aliphatic carbocycles. The van der Waals surface area contributed by atoms with E-state index in [0.717, 1.165) is 12.8 Å². The van der Waals surface area contributed by atoms with Crippen molar-refractivity contribution < 1.29 is 28.5 Å². The summed E-state index contributed by atoms with van der Waals surface area (Å²) in [5.41, 5.74) is 10.1. The van der Waals surface area contributed by atoms with Crippen LogP contribution < -0.4 is 26.6 Å². The Bertz CT molecular complexity index is 1550. The van der Waals surface area contributed by atoms with Gasteiger partial charge >= 0.3 is 0 Å². The van der Waals surface area contributed by atoms with E-state index < -0.39 is 0 Å². The van der Waals surface area contributed by atoms with Crippen molar-refractivity contribution in [2.24, 2.45) is 5.11 Å². The van der Waals surface area contributed by atoms with Crippen LogP contribution in [0.2, 0.25) is 0 Å². The number of nitrogens with one attached hydrogen (secondary N) is 5. The number of rotatable bonds is 25. The molecule has 0 unspecified atom stereocenters. The number of hydrogen-bond acceptors (Lipinski definition) is 13. The molecule has 4 rings (SSSR count). The summed E-state index contributed by atoms with van der Waals surface area (Å²) in [5, 5.41) is 19.1. The maximum absolute atomic E-state index is 12.6. The lowest BCUT2D eigenvalue weighted by molar-refractivity contribution is 0.0511. The highest BCUT2D eigenvalue weighted by Crippen LogP contribution is 2.22. The average Bonchev–Trinajstić information content (AvgIpc) is 3.17. The van der Waals surface area contributed by atoms with Crippen molar-refractivity contribution in [3.63, 3.8) is 0 Å². The largest absolute Gasteiger partial charge is 0.379 e. The van der Waals surface area contributed by atoms with Gasteiger partial charge in [-0.1, -0.05) is 55.4 Å². The molecule has 1 aromatic heterocycles. The van der Waals surface area contributed by atoms with E-state index in [4.69, 9.17) is 24.5 Å². The summed E-state index contributed by atoms with van der Waals surface area (Å²) >= 11 is 0. The Morgan fingerprint density at radius 2 is 1.19 bits per heavy atom. The monoisotopic (exact) mass is 747 g/mol. The van der Waals surface area contributed by atoms with Crippen LogP contribution in [-0.2, 0) is 18.9 Å². The number of amides is 2. The van der Waals surface area contributed by atoms with Crippen LogP contribution in [0.4, 0.5) is 23.5 Å². The summed E-state index contributed by atoms with van der Waals surface area (Å²) in [4.78, 5) is 41.3. The smallest absolute Gasteiger partial charge is 0.251 e. The van der Waals surface area contributed by atoms with Crippen LogP contribution in [0.15, 0.2) is 59.7 Å². The number of carbonyl (C=O) groups excluding carboxylic acids is 2. The number of nitrogens with zero attached hydrogens (tertiary/aromatic N) is 6. The van der Waals surface area contributed by atoms with Crippen molar-refractivity contribution in [3.8, 4) is 0 Å². The number of azide groups is 1. The zero-order valence-electron chi connectivity index (χ0n) is 30.8. The number of hydrogen-bond donors (Lipinski definition) is 5. The minimum Gasteiger partial charge on any atom is -0.379 e. The van der Waals surface area contributed by atoms with E-state index in [1.54, 1.807) is 36.4 Å². The van der Waals surface area contributed by atoms with Crippen LogP contribution in [0, 0.1) is 0 Å². The molecule has 0 aliphatic heterocycles. The third-order valence-electron chi connectivity index (χ3n) is 8.25. The molecule has 1 heterocycles. The van der Waals surface area contributed by atoms with E-state index in [0.29, 0.717) is 107 Å². The molecule has 2 amide bonds. The SMILES string of the molecule is [N-]=[N+]=NCCOCCOCCNC(=O)c1ccc(Nc2nc(NCCOCCOCCNC(=O)c3ccccc3)nc(NC3CCCCCCC3)n2)cc1. The fraction of sp³-hybridized carbons (Fsp3) is 0.541. The second-order valence-electron chi connectivity index (χ2n) is 12.4. The third-order valence-corrected chi connectivity index (χ3v) is 8.25. The first kappa shape index (κ1) is 41.7. The summed E-state index contributed by atoms with van der Waals surface area (Å²) in [6, 6.07) is 16.4. The number of aromatic nitrogens is 3. The van der Waals surface area contributed by atoms with Crippen LogP contribution >= 0.6 is 0 Å². The molecule has 17 nitrogen and oxygen atoms in total. The van der Waals surface area contributed by atoms with Crippen molar-refractivity contribution in [2.75, 3.05) is 95.0 Å². The highest BCUT2D eigenvalue weighted by atomic mass is 16.5. The summed E-state index contributed by atoms with van der Waals surface area (Å²) in [5.74, 6) is 0.929. The number of benzene rings is 2. The molecule has 2 aromatic carbocycles. The van der Waals surface area contributed by atoms with Gasteiger partial charge in [0.15, 0.2) is 0 Å². The molecule has 54 heavy (non-hydrogen) atoms. The van der Waals surface area contributed by atoms with Gasteiger partial charge < -0.3 is 45.5 Å². The molecule has 1 aliphatic rings. The first-order valence-electron chi connectivity index (χ1n) is 18.7. The van der Waals surface area contributed by atoms with E-state index in [9.17, 15) is 9.59 Å². The lowest BCUT2D eigenvalue weighted by Crippen LogP contribution is -2.27. The molecular formula is C37H53N11O6. The molecule has 1 fully saturated rings. The Balaban J connectivity index is 1.19. The predicted octanol–water partition coefficient (Wildman–Crippen LogP) is 5.09. The third kappa shape index (κ3) is 17.2. The van der Waals surface area contributed by atoms with Crippen molar-refractivity contribution in [1.29, 1.82) is 0 Å². The topological polar surface area (TPSA) is 219 Å². The lowest BCUT2D eigenvalue weighted by atomic mass is 9.97. The van der Waals surface area contributed by atoms with E-state index in [1.165, 1.54) is 32.1 Å². The highest BCUT2D eigenvalue weighted by molar-refractivity contribution is 5.94. The predicted molar refractivity (Wildman–Crippen MR) is 206 cm³/mol. The molecule has 1 saturated carbocycles. The Kier molecular flexibility index (Phi) is 19.9. The van der Waals surface area contributed by atoms with Gasteiger partial charge in [-0.2, -0.15) is 15.0 Å². The van der Waals surface area contributed by atoms with Crippen LogP contribution in [-0.4, -0.2) is 112 Å². The van der Waals surface area contributed by atoms with Gasteiger partial charge in [-0.05, 0) is 54.8 Å². The van der Waals surface area contributed by atoms with E-state index >= 15 is 0 Å². The standard InChI is InChI=1S/C37H53N11O6/c38-48-42-20-24-54-28-27-52-22-18-40-34(50)30-13-15-32(16-14-30)44-37-46-35(45-36(47-37)43-31-11-7-2-1-3-8-12-31)41-19-23-53-26-25-51-21-17-39-33(49)29-9-5-4-6-10-29/h4-6,9-10,13-16,31H,1-3,7-8,11-12,17-28H2,(H,39,49)(H,40,50)(H3,41,43,44,45,46,47). The molecule has 5 N–H and O–H groups in total. The molecule has 0 bridgehead atoms. The second-order valence-corrected chi connectivity index (χ2v) is 12.4. The summed E-state index contributed by atoms with van der Waals surface area (Å²) in [7, 11) is 0. The Morgan fingerprint density at radius 1 is 0.648 bits per heavy atom. The highest BCUT2D eigenvalue weighted by Gasteiger charge is 2.15. The van der Waals surface area contributed by atoms with E-state index in [2.05, 4.69) is 51.6 Å². The first-order valence-corrected chi connectivity index (χ1v) is 18.7. The number of ether oxygens (including phenoxy) is 4. The summed E-state index contributed by atoms with van der Waals surface area (Å²) in [6.45, 7) is 4.59. The maximum atomic E-state index is 12.6. The minimum atomic E-state index is -0.214. The van der Waals surface area contributed by atoms with Crippen molar-refractivity contribution in [3.05, 3.63) is 76.2 Å². The second kappa shape index (κ2) is 25.8. The minimum absolute atomic E-state index is 0.126. The van der Waals surface area contributed by atoms with Gasteiger partial charge in [0, 0.05) is 53.9 Å². The summed E-state index contributed by atoms with van der Waals surface area (Å²) < 4.78 is 22.0. The van der Waals surface area contributed by atoms with Gasteiger partial charge in [0.25, 0.3) is 11.8 Å². The zero-order valence-corrected chi connectivity index (χ0v) is 30.8. The van der Waals surface area contributed by atoms with Gasteiger partial charge in [0.05, 0.1) is 52.9 Å².